The average molecular weight is 262 g/mol. The van der Waals surface area contributed by atoms with Gasteiger partial charge in [-0.1, -0.05) is 12.8 Å². The highest BCUT2D eigenvalue weighted by molar-refractivity contribution is 5.92. The molecule has 1 amide bonds. The van der Waals surface area contributed by atoms with Crippen molar-refractivity contribution in [2.45, 2.75) is 39.5 Å². The fourth-order valence-corrected chi connectivity index (χ4v) is 2.33. The molecule has 0 saturated carbocycles. The summed E-state index contributed by atoms with van der Waals surface area (Å²) in [5, 5.41) is 2.78. The van der Waals surface area contributed by atoms with Crippen molar-refractivity contribution in [2.75, 3.05) is 24.5 Å². The molecule has 19 heavy (non-hydrogen) atoms. The van der Waals surface area contributed by atoms with Gasteiger partial charge in [-0.3, -0.25) is 4.79 Å². The van der Waals surface area contributed by atoms with E-state index < -0.39 is 0 Å². The number of anilines is 1. The summed E-state index contributed by atoms with van der Waals surface area (Å²) in [5.41, 5.74) is 1.31. The number of hydrogen-bond acceptors (Lipinski definition) is 4. The van der Waals surface area contributed by atoms with Crippen molar-refractivity contribution in [1.82, 2.24) is 15.3 Å². The Balaban J connectivity index is 2.22. The van der Waals surface area contributed by atoms with E-state index in [0.29, 0.717) is 18.2 Å². The van der Waals surface area contributed by atoms with Gasteiger partial charge in [-0.25, -0.2) is 9.97 Å². The highest BCUT2D eigenvalue weighted by atomic mass is 16.1. The van der Waals surface area contributed by atoms with Gasteiger partial charge in [0, 0.05) is 25.3 Å². The van der Waals surface area contributed by atoms with Crippen LogP contribution in [-0.2, 0) is 0 Å². The number of nitrogens with zero attached hydrogens (tertiary/aromatic N) is 3. The standard InChI is InChI=1S/C14H22N4O/c1-3-15-13(19)12-10-11(2)16-14(17-12)18-8-6-4-5-7-9-18/h10H,3-9H2,1-2H3,(H,15,19). The third kappa shape index (κ3) is 3.66. The van der Waals surface area contributed by atoms with Crippen LogP contribution in [0.15, 0.2) is 6.07 Å². The van der Waals surface area contributed by atoms with Crippen LogP contribution in [-0.4, -0.2) is 35.5 Å². The van der Waals surface area contributed by atoms with Gasteiger partial charge in [0.15, 0.2) is 0 Å². The monoisotopic (exact) mass is 262 g/mol. The smallest absolute Gasteiger partial charge is 0.270 e. The number of amides is 1. The Morgan fingerprint density at radius 2 is 1.95 bits per heavy atom. The lowest BCUT2D eigenvalue weighted by atomic mass is 10.2. The Labute approximate surface area is 114 Å². The van der Waals surface area contributed by atoms with Crippen LogP contribution >= 0.6 is 0 Å². The van der Waals surface area contributed by atoms with Crippen LogP contribution in [0.5, 0.6) is 0 Å². The van der Waals surface area contributed by atoms with Crippen molar-refractivity contribution in [3.63, 3.8) is 0 Å². The molecule has 1 aliphatic heterocycles. The summed E-state index contributed by atoms with van der Waals surface area (Å²) in [7, 11) is 0. The predicted molar refractivity (Wildman–Crippen MR) is 75.5 cm³/mol. The first-order chi connectivity index (χ1) is 9.20. The second-order valence-corrected chi connectivity index (χ2v) is 4.96. The molecule has 0 unspecified atom stereocenters. The summed E-state index contributed by atoms with van der Waals surface area (Å²) in [4.78, 5) is 23.0. The topological polar surface area (TPSA) is 58.1 Å². The van der Waals surface area contributed by atoms with Crippen LogP contribution in [0.25, 0.3) is 0 Å². The molecule has 5 heteroatoms. The van der Waals surface area contributed by atoms with Crippen molar-refractivity contribution in [2.24, 2.45) is 0 Å². The van der Waals surface area contributed by atoms with E-state index in [9.17, 15) is 4.79 Å². The molecule has 0 aliphatic carbocycles. The highest BCUT2D eigenvalue weighted by Gasteiger charge is 2.16. The van der Waals surface area contributed by atoms with E-state index in [1.807, 2.05) is 13.8 Å². The number of carbonyl (C=O) groups excluding carboxylic acids is 1. The summed E-state index contributed by atoms with van der Waals surface area (Å²) >= 11 is 0. The first kappa shape index (κ1) is 13.8. The fraction of sp³-hybridized carbons (Fsp3) is 0.643. The summed E-state index contributed by atoms with van der Waals surface area (Å²) in [6.45, 7) is 6.39. The van der Waals surface area contributed by atoms with Crippen molar-refractivity contribution in [3.05, 3.63) is 17.5 Å². The van der Waals surface area contributed by atoms with E-state index in [-0.39, 0.29) is 5.91 Å². The van der Waals surface area contributed by atoms with Crippen LogP contribution in [0, 0.1) is 6.92 Å². The molecule has 0 radical (unpaired) electrons. The molecule has 1 aromatic rings. The van der Waals surface area contributed by atoms with E-state index in [4.69, 9.17) is 0 Å². The van der Waals surface area contributed by atoms with Crippen LogP contribution in [0.4, 0.5) is 5.95 Å². The maximum Gasteiger partial charge on any atom is 0.270 e. The van der Waals surface area contributed by atoms with Crippen LogP contribution in [0.2, 0.25) is 0 Å². The Bertz CT molecular complexity index is 439. The van der Waals surface area contributed by atoms with Gasteiger partial charge in [0.2, 0.25) is 5.95 Å². The minimum Gasteiger partial charge on any atom is -0.351 e. The Morgan fingerprint density at radius 1 is 1.26 bits per heavy atom. The molecule has 1 N–H and O–H groups in total. The minimum absolute atomic E-state index is 0.121. The van der Waals surface area contributed by atoms with Gasteiger partial charge in [0.1, 0.15) is 5.69 Å². The van der Waals surface area contributed by atoms with Gasteiger partial charge in [-0.05, 0) is 32.8 Å². The van der Waals surface area contributed by atoms with Crippen molar-refractivity contribution in [3.8, 4) is 0 Å². The summed E-state index contributed by atoms with van der Waals surface area (Å²) in [6, 6.07) is 1.74. The molecule has 0 spiro atoms. The van der Waals surface area contributed by atoms with Gasteiger partial charge in [0.25, 0.3) is 5.91 Å². The molecular formula is C14H22N4O. The van der Waals surface area contributed by atoms with Crippen LogP contribution in [0.3, 0.4) is 0 Å². The molecule has 5 nitrogen and oxygen atoms in total. The van der Waals surface area contributed by atoms with Gasteiger partial charge in [0.05, 0.1) is 0 Å². The highest BCUT2D eigenvalue weighted by Crippen LogP contribution is 2.16. The lowest BCUT2D eigenvalue weighted by Gasteiger charge is -2.20. The van der Waals surface area contributed by atoms with E-state index >= 15 is 0 Å². The average Bonchev–Trinajstić information content (AvgIpc) is 2.67. The zero-order valence-corrected chi connectivity index (χ0v) is 11.8. The van der Waals surface area contributed by atoms with Gasteiger partial charge < -0.3 is 10.2 Å². The lowest BCUT2D eigenvalue weighted by Crippen LogP contribution is -2.29. The van der Waals surface area contributed by atoms with E-state index in [0.717, 1.165) is 18.8 Å². The van der Waals surface area contributed by atoms with E-state index in [2.05, 4.69) is 20.2 Å². The first-order valence-corrected chi connectivity index (χ1v) is 7.09. The van der Waals surface area contributed by atoms with Crippen molar-refractivity contribution in [1.29, 1.82) is 0 Å². The van der Waals surface area contributed by atoms with E-state index in [1.54, 1.807) is 6.07 Å². The second kappa shape index (κ2) is 6.50. The lowest BCUT2D eigenvalue weighted by molar-refractivity contribution is 0.0950. The molecule has 1 fully saturated rings. The fourth-order valence-electron chi connectivity index (χ4n) is 2.33. The predicted octanol–water partition coefficient (Wildman–Crippen LogP) is 1.92. The molecule has 0 aromatic carbocycles. The van der Waals surface area contributed by atoms with Gasteiger partial charge in [-0.2, -0.15) is 0 Å². The molecule has 2 heterocycles. The van der Waals surface area contributed by atoms with Crippen LogP contribution in [0.1, 0.15) is 48.8 Å². The normalized spacial score (nSPS) is 16.0. The minimum atomic E-state index is -0.121. The number of rotatable bonds is 3. The number of hydrogen-bond donors (Lipinski definition) is 1. The second-order valence-electron chi connectivity index (χ2n) is 4.96. The molecule has 1 saturated heterocycles. The largest absolute Gasteiger partial charge is 0.351 e. The molecule has 1 aromatic heterocycles. The SMILES string of the molecule is CCNC(=O)c1cc(C)nc(N2CCCCCC2)n1. The molecule has 2 rings (SSSR count). The zero-order chi connectivity index (χ0) is 13.7. The van der Waals surface area contributed by atoms with Crippen molar-refractivity contribution >= 4 is 11.9 Å². The summed E-state index contributed by atoms with van der Waals surface area (Å²) < 4.78 is 0. The van der Waals surface area contributed by atoms with Gasteiger partial charge >= 0.3 is 0 Å². The van der Waals surface area contributed by atoms with Crippen molar-refractivity contribution < 1.29 is 4.79 Å². The number of aromatic nitrogens is 2. The third-order valence-corrected chi connectivity index (χ3v) is 3.30. The third-order valence-electron chi connectivity index (χ3n) is 3.30. The maximum absolute atomic E-state index is 11.9. The molecule has 1 aliphatic rings. The molecule has 0 bridgehead atoms. The summed E-state index contributed by atoms with van der Waals surface area (Å²) in [5.74, 6) is 0.576. The Kier molecular flexibility index (Phi) is 4.71. The van der Waals surface area contributed by atoms with Gasteiger partial charge in [-0.15, -0.1) is 0 Å². The summed E-state index contributed by atoms with van der Waals surface area (Å²) in [6.07, 6.45) is 4.89. The van der Waals surface area contributed by atoms with E-state index in [1.165, 1.54) is 25.7 Å². The first-order valence-electron chi connectivity index (χ1n) is 7.09. The number of aryl methyl sites for hydroxylation is 1. The zero-order valence-electron chi connectivity index (χ0n) is 11.8. The Morgan fingerprint density at radius 3 is 2.58 bits per heavy atom. The number of nitrogens with one attached hydrogen (secondary N) is 1. The quantitative estimate of drug-likeness (QED) is 0.904. The molecule has 104 valence electrons. The van der Waals surface area contributed by atoms with Crippen LogP contribution < -0.4 is 10.2 Å². The molecular weight excluding hydrogens is 240 g/mol. The number of carbonyl (C=O) groups is 1. The Hall–Kier alpha value is -1.65. The molecule has 0 atom stereocenters. The maximum atomic E-state index is 11.9.